The third-order valence-corrected chi connectivity index (χ3v) is 3.33. The first-order valence-corrected chi connectivity index (χ1v) is 7.16. The topological polar surface area (TPSA) is 69.7 Å². The minimum atomic E-state index is -0.547. The monoisotopic (exact) mass is 310 g/mol. The zero-order chi connectivity index (χ0) is 16.2. The molecule has 0 fully saturated rings. The van der Waals surface area contributed by atoms with Crippen LogP contribution in [0.2, 0.25) is 0 Å². The first kappa shape index (κ1) is 14.8. The van der Waals surface area contributed by atoms with Crippen molar-refractivity contribution in [3.8, 4) is 5.75 Å². The van der Waals surface area contributed by atoms with Gasteiger partial charge in [-0.25, -0.2) is 9.59 Å². The Kier molecular flexibility index (Phi) is 4.10. The Labute approximate surface area is 131 Å². The van der Waals surface area contributed by atoms with Crippen LogP contribution in [0, 0.1) is 0 Å². The molecule has 0 unspecified atom stereocenters. The van der Waals surface area contributed by atoms with Crippen LogP contribution in [0.25, 0.3) is 17.0 Å². The van der Waals surface area contributed by atoms with Gasteiger partial charge >= 0.3 is 11.6 Å². The first-order valence-electron chi connectivity index (χ1n) is 7.16. The van der Waals surface area contributed by atoms with Gasteiger partial charge in [-0.2, -0.15) is 0 Å². The highest BCUT2D eigenvalue weighted by molar-refractivity contribution is 5.89. The molecule has 5 nitrogen and oxygen atoms in total. The summed E-state index contributed by atoms with van der Waals surface area (Å²) in [6.45, 7) is 1.96. The van der Waals surface area contributed by atoms with E-state index in [0.29, 0.717) is 23.5 Å². The number of hydrogen-bond acceptors (Lipinski definition) is 5. The van der Waals surface area contributed by atoms with Gasteiger partial charge < -0.3 is 13.6 Å². The number of fused-ring (bicyclic) bond motifs is 1. The third-order valence-electron chi connectivity index (χ3n) is 3.33. The van der Waals surface area contributed by atoms with Crippen molar-refractivity contribution < 1.29 is 18.4 Å². The summed E-state index contributed by atoms with van der Waals surface area (Å²) >= 11 is 0. The summed E-state index contributed by atoms with van der Waals surface area (Å²) in [6, 6.07) is 9.90. The van der Waals surface area contributed by atoms with Crippen LogP contribution in [-0.2, 0) is 11.2 Å². The average Bonchev–Trinajstić information content (AvgIpc) is 3.05. The lowest BCUT2D eigenvalue weighted by Gasteiger charge is -2.05. The molecule has 1 aromatic carbocycles. The van der Waals surface area contributed by atoms with Gasteiger partial charge in [0.05, 0.1) is 6.26 Å². The van der Waals surface area contributed by atoms with E-state index in [0.717, 1.165) is 10.9 Å². The standard InChI is InChI=1S/C18H14O5/c1-2-12-10-18(20)23-16-11-14(5-7-15(12)16)22-17(19)8-6-13-4-3-9-21-13/h3-11H,2H2,1H3/b8-6+. The molecule has 23 heavy (non-hydrogen) atoms. The predicted octanol–water partition coefficient (Wildman–Crippen LogP) is 3.57. The van der Waals surface area contributed by atoms with Gasteiger partial charge in [0.2, 0.25) is 0 Å². The average molecular weight is 310 g/mol. The van der Waals surface area contributed by atoms with Crippen LogP contribution in [0.15, 0.2) is 62.4 Å². The fourth-order valence-electron chi connectivity index (χ4n) is 2.25. The van der Waals surface area contributed by atoms with E-state index < -0.39 is 11.6 Å². The molecule has 2 aromatic heterocycles. The zero-order valence-electron chi connectivity index (χ0n) is 12.4. The molecule has 0 radical (unpaired) electrons. The van der Waals surface area contributed by atoms with Gasteiger partial charge in [-0.3, -0.25) is 0 Å². The van der Waals surface area contributed by atoms with E-state index in [9.17, 15) is 9.59 Å². The van der Waals surface area contributed by atoms with Crippen molar-refractivity contribution in [2.45, 2.75) is 13.3 Å². The minimum absolute atomic E-state index is 0.308. The number of hydrogen-bond donors (Lipinski definition) is 0. The maximum atomic E-state index is 11.8. The zero-order valence-corrected chi connectivity index (χ0v) is 12.4. The molecule has 3 rings (SSSR count). The normalized spacial score (nSPS) is 11.2. The van der Waals surface area contributed by atoms with Crippen LogP contribution >= 0.6 is 0 Å². The van der Waals surface area contributed by atoms with Crippen LogP contribution in [0.3, 0.4) is 0 Å². The molecular weight excluding hydrogens is 296 g/mol. The Bertz CT molecular complexity index is 916. The molecule has 0 amide bonds. The molecule has 0 spiro atoms. The van der Waals surface area contributed by atoms with Gasteiger partial charge in [0.1, 0.15) is 17.1 Å². The Morgan fingerprint density at radius 1 is 1.26 bits per heavy atom. The van der Waals surface area contributed by atoms with Gasteiger partial charge in [-0.15, -0.1) is 0 Å². The molecule has 5 heteroatoms. The summed E-state index contributed by atoms with van der Waals surface area (Å²) in [5.41, 5.74) is 0.872. The van der Waals surface area contributed by atoms with E-state index >= 15 is 0 Å². The number of rotatable bonds is 4. The molecule has 0 saturated heterocycles. The van der Waals surface area contributed by atoms with E-state index in [2.05, 4.69) is 0 Å². The molecule has 116 valence electrons. The lowest BCUT2D eigenvalue weighted by atomic mass is 10.1. The molecule has 0 aliphatic carbocycles. The van der Waals surface area contributed by atoms with E-state index in [4.69, 9.17) is 13.6 Å². The van der Waals surface area contributed by atoms with Gasteiger partial charge in [-0.05, 0) is 42.3 Å². The van der Waals surface area contributed by atoms with Crippen LogP contribution in [0.4, 0.5) is 0 Å². The van der Waals surface area contributed by atoms with Gasteiger partial charge in [0, 0.05) is 23.6 Å². The molecular formula is C18H14O5. The third kappa shape index (κ3) is 3.40. The van der Waals surface area contributed by atoms with E-state index in [1.807, 2.05) is 6.92 Å². The smallest absolute Gasteiger partial charge is 0.336 e. The molecule has 2 heterocycles. The second kappa shape index (κ2) is 6.36. The molecule has 0 aliphatic heterocycles. The molecule has 0 N–H and O–H groups in total. The van der Waals surface area contributed by atoms with Crippen LogP contribution in [-0.4, -0.2) is 5.97 Å². The SMILES string of the molecule is CCc1cc(=O)oc2cc(OC(=O)/C=C/c3ccco3)ccc12. The number of benzene rings is 1. The maximum Gasteiger partial charge on any atom is 0.336 e. The largest absolute Gasteiger partial charge is 0.465 e. The maximum absolute atomic E-state index is 11.8. The second-order valence-electron chi connectivity index (χ2n) is 4.87. The Morgan fingerprint density at radius 2 is 2.13 bits per heavy atom. The summed E-state index contributed by atoms with van der Waals surface area (Å²) in [5.74, 6) is 0.316. The van der Waals surface area contributed by atoms with Crippen molar-refractivity contribution >= 4 is 23.0 Å². The molecule has 0 atom stereocenters. The summed E-state index contributed by atoms with van der Waals surface area (Å²) in [4.78, 5) is 23.3. The quantitative estimate of drug-likeness (QED) is 0.319. The summed E-state index contributed by atoms with van der Waals surface area (Å²) in [6.07, 6.45) is 5.01. The predicted molar refractivity (Wildman–Crippen MR) is 85.2 cm³/mol. The van der Waals surface area contributed by atoms with Crippen molar-refractivity contribution in [3.63, 3.8) is 0 Å². The number of furan rings is 1. The summed E-state index contributed by atoms with van der Waals surface area (Å²) in [7, 11) is 0. The van der Waals surface area contributed by atoms with Crippen LogP contribution < -0.4 is 10.4 Å². The highest BCUT2D eigenvalue weighted by Crippen LogP contribution is 2.23. The molecule has 3 aromatic rings. The van der Waals surface area contributed by atoms with Gasteiger partial charge in [0.15, 0.2) is 0 Å². The second-order valence-corrected chi connectivity index (χ2v) is 4.87. The lowest BCUT2D eigenvalue weighted by molar-refractivity contribution is -0.128. The fourth-order valence-corrected chi connectivity index (χ4v) is 2.25. The number of aryl methyl sites for hydroxylation is 1. The minimum Gasteiger partial charge on any atom is -0.465 e. The molecule has 0 saturated carbocycles. The number of esters is 1. The Balaban J connectivity index is 1.83. The fraction of sp³-hybridized carbons (Fsp3) is 0.111. The van der Waals surface area contributed by atoms with Crippen molar-refractivity contribution in [1.29, 1.82) is 0 Å². The number of carbonyl (C=O) groups is 1. The van der Waals surface area contributed by atoms with E-state index in [1.165, 1.54) is 30.5 Å². The van der Waals surface area contributed by atoms with Gasteiger partial charge in [-0.1, -0.05) is 6.92 Å². The Morgan fingerprint density at radius 3 is 2.87 bits per heavy atom. The highest BCUT2D eigenvalue weighted by atomic mass is 16.5. The Hall–Kier alpha value is -3.08. The highest BCUT2D eigenvalue weighted by Gasteiger charge is 2.07. The van der Waals surface area contributed by atoms with E-state index in [1.54, 1.807) is 24.3 Å². The van der Waals surface area contributed by atoms with Crippen LogP contribution in [0.5, 0.6) is 5.75 Å². The summed E-state index contributed by atoms with van der Waals surface area (Å²) < 4.78 is 15.5. The van der Waals surface area contributed by atoms with Gasteiger partial charge in [0.25, 0.3) is 0 Å². The molecule has 0 bridgehead atoms. The summed E-state index contributed by atoms with van der Waals surface area (Å²) in [5, 5.41) is 0.832. The van der Waals surface area contributed by atoms with E-state index in [-0.39, 0.29) is 0 Å². The molecule has 0 aliphatic rings. The van der Waals surface area contributed by atoms with Crippen molar-refractivity contribution in [2.24, 2.45) is 0 Å². The lowest BCUT2D eigenvalue weighted by Crippen LogP contribution is -2.04. The van der Waals surface area contributed by atoms with Crippen molar-refractivity contribution in [3.05, 3.63) is 70.5 Å². The number of carbonyl (C=O) groups excluding carboxylic acids is 1. The van der Waals surface area contributed by atoms with Crippen LogP contribution in [0.1, 0.15) is 18.2 Å². The van der Waals surface area contributed by atoms with Crippen molar-refractivity contribution in [2.75, 3.05) is 0 Å². The van der Waals surface area contributed by atoms with Crippen molar-refractivity contribution in [1.82, 2.24) is 0 Å². The number of ether oxygens (including phenoxy) is 1. The first-order chi connectivity index (χ1) is 11.2.